The molecule has 2 atom stereocenters. The third-order valence-electron chi connectivity index (χ3n) is 2.35. The topological polar surface area (TPSA) is 75.7 Å². The van der Waals surface area contributed by atoms with E-state index in [0.717, 1.165) is 6.07 Å². The molecule has 4 nitrogen and oxygen atoms in total. The molecule has 0 bridgehead atoms. The van der Waals surface area contributed by atoms with Gasteiger partial charge in [0.2, 0.25) is 0 Å². The fourth-order valence-electron chi connectivity index (χ4n) is 1.50. The zero-order valence-corrected chi connectivity index (χ0v) is 11.3. The summed E-state index contributed by atoms with van der Waals surface area (Å²) >= 11 is 3.01. The molecular weight excluding hydrogens is 331 g/mol. The van der Waals surface area contributed by atoms with Crippen LogP contribution in [-0.2, 0) is 0 Å². The third kappa shape index (κ3) is 4.98. The van der Waals surface area contributed by atoms with E-state index in [1.807, 2.05) is 0 Å². The summed E-state index contributed by atoms with van der Waals surface area (Å²) in [6.07, 6.45) is -7.59. The van der Waals surface area contributed by atoms with Crippen molar-refractivity contribution >= 4 is 15.9 Å². The second kappa shape index (κ2) is 6.56. The molecule has 0 amide bonds. The molecule has 1 aromatic carbocycles. The summed E-state index contributed by atoms with van der Waals surface area (Å²) in [5.74, 6) is -0.564. The highest BCUT2D eigenvalue weighted by molar-refractivity contribution is 9.10. The number of hydrogen-bond donors (Lipinski definition) is 3. The third-order valence-corrected chi connectivity index (χ3v) is 2.84. The van der Waals surface area contributed by atoms with E-state index in [4.69, 9.17) is 5.73 Å². The largest absolute Gasteiger partial charge is 0.573 e. The summed E-state index contributed by atoms with van der Waals surface area (Å²) in [6, 6.07) is 3.76. The molecule has 0 heterocycles. The van der Waals surface area contributed by atoms with E-state index in [2.05, 4.69) is 20.7 Å². The predicted octanol–water partition coefficient (Wildman–Crippen LogP) is 2.09. The Bertz CT molecular complexity index is 428. The number of aliphatic hydroxyl groups is 2. The fraction of sp³-hybridized carbons (Fsp3) is 0.455. The summed E-state index contributed by atoms with van der Waals surface area (Å²) < 4.78 is 41.0. The number of ether oxygens (including phenoxy) is 1. The lowest BCUT2D eigenvalue weighted by atomic mass is 10.0. The molecular formula is C11H13BrF3NO3. The lowest BCUT2D eigenvalue weighted by molar-refractivity contribution is -0.275. The highest BCUT2D eigenvalue weighted by atomic mass is 79.9. The summed E-state index contributed by atoms with van der Waals surface area (Å²) in [4.78, 5) is 0. The molecule has 0 fully saturated rings. The average molecular weight is 344 g/mol. The monoisotopic (exact) mass is 343 g/mol. The van der Waals surface area contributed by atoms with Gasteiger partial charge in [-0.3, -0.25) is 0 Å². The van der Waals surface area contributed by atoms with Gasteiger partial charge in [0.25, 0.3) is 0 Å². The van der Waals surface area contributed by atoms with Gasteiger partial charge >= 0.3 is 6.36 Å². The molecule has 0 saturated carbocycles. The molecule has 4 N–H and O–H groups in total. The van der Waals surface area contributed by atoms with Crippen molar-refractivity contribution in [2.24, 2.45) is 5.73 Å². The molecule has 108 valence electrons. The Morgan fingerprint density at radius 1 is 1.32 bits per heavy atom. The van der Waals surface area contributed by atoms with Gasteiger partial charge in [-0.15, -0.1) is 13.2 Å². The van der Waals surface area contributed by atoms with E-state index in [1.165, 1.54) is 12.1 Å². The van der Waals surface area contributed by atoms with Gasteiger partial charge in [-0.25, -0.2) is 0 Å². The summed E-state index contributed by atoms with van der Waals surface area (Å²) in [5.41, 5.74) is 5.07. The van der Waals surface area contributed by atoms with Crippen molar-refractivity contribution in [1.82, 2.24) is 0 Å². The zero-order valence-electron chi connectivity index (χ0n) is 9.69. The fourth-order valence-corrected chi connectivity index (χ4v) is 1.84. The number of aliphatic hydroxyl groups excluding tert-OH is 2. The lowest BCUT2D eigenvalue weighted by Gasteiger charge is -2.21. The minimum Gasteiger partial charge on any atom is -0.405 e. The normalized spacial score (nSPS) is 15.1. The van der Waals surface area contributed by atoms with Crippen LogP contribution in [0.2, 0.25) is 0 Å². The van der Waals surface area contributed by atoms with Gasteiger partial charge in [0, 0.05) is 10.0 Å². The highest BCUT2D eigenvalue weighted by Gasteiger charge is 2.33. The molecule has 0 radical (unpaired) electrons. The molecule has 0 spiro atoms. The Hall–Kier alpha value is -0.830. The quantitative estimate of drug-likeness (QED) is 0.765. The lowest BCUT2D eigenvalue weighted by Crippen LogP contribution is -2.24. The Balaban J connectivity index is 3.05. The first-order chi connectivity index (χ1) is 8.74. The molecule has 1 aromatic rings. The van der Waals surface area contributed by atoms with Gasteiger partial charge in [0.15, 0.2) is 0 Å². The molecule has 2 unspecified atom stereocenters. The van der Waals surface area contributed by atoms with E-state index < -0.39 is 24.3 Å². The highest BCUT2D eigenvalue weighted by Crippen LogP contribution is 2.34. The van der Waals surface area contributed by atoms with Crippen LogP contribution in [-0.4, -0.2) is 29.2 Å². The SMILES string of the molecule is NCCC(O)C(O)c1ccc(Br)cc1OC(F)(F)F. The van der Waals surface area contributed by atoms with Crippen LogP contribution in [0, 0.1) is 0 Å². The van der Waals surface area contributed by atoms with E-state index in [-0.39, 0.29) is 18.5 Å². The maximum Gasteiger partial charge on any atom is 0.573 e. The molecule has 8 heteroatoms. The predicted molar refractivity (Wildman–Crippen MR) is 65.5 cm³/mol. The van der Waals surface area contributed by atoms with Crippen LogP contribution in [0.3, 0.4) is 0 Å². The zero-order chi connectivity index (χ0) is 14.6. The summed E-state index contributed by atoms with van der Waals surface area (Å²) in [7, 11) is 0. The average Bonchev–Trinajstić information content (AvgIpc) is 2.26. The van der Waals surface area contributed by atoms with Gasteiger partial charge in [-0.05, 0) is 25.1 Å². The molecule has 0 saturated heterocycles. The Labute approximate surface area is 116 Å². The molecule has 0 aliphatic heterocycles. The van der Waals surface area contributed by atoms with Gasteiger partial charge in [-0.1, -0.05) is 22.0 Å². The number of alkyl halides is 3. The van der Waals surface area contributed by atoms with Crippen molar-refractivity contribution in [1.29, 1.82) is 0 Å². The first-order valence-corrected chi connectivity index (χ1v) is 6.15. The van der Waals surface area contributed by atoms with Crippen LogP contribution < -0.4 is 10.5 Å². The Kier molecular flexibility index (Phi) is 5.60. The van der Waals surface area contributed by atoms with Crippen molar-refractivity contribution in [2.45, 2.75) is 25.0 Å². The molecule has 0 aromatic heterocycles. The van der Waals surface area contributed by atoms with Crippen molar-refractivity contribution in [3.8, 4) is 5.75 Å². The maximum absolute atomic E-state index is 12.3. The van der Waals surface area contributed by atoms with E-state index >= 15 is 0 Å². The number of benzene rings is 1. The number of nitrogens with two attached hydrogens (primary N) is 1. The minimum absolute atomic E-state index is 0.0582. The van der Waals surface area contributed by atoms with E-state index in [1.54, 1.807) is 0 Å². The first-order valence-electron chi connectivity index (χ1n) is 5.36. The molecule has 19 heavy (non-hydrogen) atoms. The molecule has 1 rings (SSSR count). The maximum atomic E-state index is 12.3. The number of hydrogen-bond acceptors (Lipinski definition) is 4. The van der Waals surface area contributed by atoms with Crippen LogP contribution in [0.4, 0.5) is 13.2 Å². The van der Waals surface area contributed by atoms with Gasteiger partial charge in [0.1, 0.15) is 11.9 Å². The van der Waals surface area contributed by atoms with E-state index in [9.17, 15) is 23.4 Å². The van der Waals surface area contributed by atoms with E-state index in [0.29, 0.717) is 4.47 Å². The first kappa shape index (κ1) is 16.2. The van der Waals surface area contributed by atoms with Crippen LogP contribution in [0.25, 0.3) is 0 Å². The number of rotatable bonds is 5. The second-order valence-electron chi connectivity index (χ2n) is 3.82. The Morgan fingerprint density at radius 3 is 2.47 bits per heavy atom. The summed E-state index contributed by atoms with van der Waals surface area (Å²) in [6.45, 7) is 0.101. The number of halogens is 4. The molecule has 0 aliphatic carbocycles. The van der Waals surface area contributed by atoms with Crippen molar-refractivity contribution in [3.63, 3.8) is 0 Å². The summed E-state index contributed by atoms with van der Waals surface area (Å²) in [5, 5.41) is 19.4. The molecule has 0 aliphatic rings. The minimum atomic E-state index is -4.88. The second-order valence-corrected chi connectivity index (χ2v) is 4.74. The van der Waals surface area contributed by atoms with Gasteiger partial charge in [-0.2, -0.15) is 0 Å². The van der Waals surface area contributed by atoms with Crippen LogP contribution in [0.5, 0.6) is 5.75 Å². The Morgan fingerprint density at radius 2 is 1.95 bits per heavy atom. The van der Waals surface area contributed by atoms with Crippen molar-refractivity contribution < 1.29 is 28.1 Å². The van der Waals surface area contributed by atoms with Crippen LogP contribution in [0.1, 0.15) is 18.1 Å². The smallest absolute Gasteiger partial charge is 0.405 e. The van der Waals surface area contributed by atoms with Gasteiger partial charge < -0.3 is 20.7 Å². The van der Waals surface area contributed by atoms with Crippen LogP contribution in [0.15, 0.2) is 22.7 Å². The standard InChI is InChI=1S/C11H13BrF3NO3/c12-6-1-2-7(10(18)8(17)3-4-16)9(5-6)19-11(13,14)15/h1-2,5,8,10,17-18H,3-4,16H2. The van der Waals surface area contributed by atoms with Crippen LogP contribution >= 0.6 is 15.9 Å². The van der Waals surface area contributed by atoms with Crippen molar-refractivity contribution in [2.75, 3.05) is 6.54 Å². The van der Waals surface area contributed by atoms with Crippen molar-refractivity contribution in [3.05, 3.63) is 28.2 Å². The van der Waals surface area contributed by atoms with Gasteiger partial charge in [0.05, 0.1) is 6.10 Å².